The summed E-state index contributed by atoms with van der Waals surface area (Å²) in [6.45, 7) is 2.56. The van der Waals surface area contributed by atoms with Crippen molar-refractivity contribution in [2.45, 2.75) is 39.0 Å². The van der Waals surface area contributed by atoms with Crippen LogP contribution in [-0.2, 0) is 0 Å². The highest BCUT2D eigenvalue weighted by molar-refractivity contribution is 4.69. The number of hydrogen-bond acceptors (Lipinski definition) is 3. The molecule has 0 bridgehead atoms. The van der Waals surface area contributed by atoms with Crippen molar-refractivity contribution in [3.05, 3.63) is 0 Å². The number of rotatable bonds is 9. The highest BCUT2D eigenvalue weighted by Gasteiger charge is 2.18. The molecule has 0 fully saturated rings. The van der Waals surface area contributed by atoms with Gasteiger partial charge in [0.15, 0.2) is 0 Å². The zero-order chi connectivity index (χ0) is 10.8. The van der Waals surface area contributed by atoms with Gasteiger partial charge in [0.1, 0.15) is 0 Å². The van der Waals surface area contributed by atoms with Gasteiger partial charge >= 0.3 is 0 Å². The quantitative estimate of drug-likeness (QED) is 0.528. The summed E-state index contributed by atoms with van der Waals surface area (Å²) < 4.78 is 0. The smallest absolute Gasteiger partial charge is 0.0462 e. The van der Waals surface area contributed by atoms with Crippen LogP contribution in [0.5, 0.6) is 0 Å². The van der Waals surface area contributed by atoms with Crippen LogP contribution in [0.3, 0.4) is 0 Å². The summed E-state index contributed by atoms with van der Waals surface area (Å²) in [4.78, 5) is 0. The number of hydrogen-bond donors (Lipinski definition) is 3. The fraction of sp³-hybridized carbons (Fsp3) is 1.00. The van der Waals surface area contributed by atoms with E-state index < -0.39 is 0 Å². The van der Waals surface area contributed by atoms with Gasteiger partial charge in [-0.25, -0.2) is 0 Å². The normalized spacial score (nSPS) is 15.4. The average Bonchev–Trinajstić information content (AvgIpc) is 2.23. The van der Waals surface area contributed by atoms with E-state index in [4.69, 9.17) is 10.2 Å². The van der Waals surface area contributed by atoms with E-state index >= 15 is 0 Å². The van der Waals surface area contributed by atoms with Crippen molar-refractivity contribution in [3.8, 4) is 0 Å². The Kier molecular flexibility index (Phi) is 9.35. The van der Waals surface area contributed by atoms with Gasteiger partial charge in [-0.1, -0.05) is 19.8 Å². The molecule has 2 unspecified atom stereocenters. The summed E-state index contributed by atoms with van der Waals surface area (Å²) >= 11 is 0. The molecule has 3 nitrogen and oxygen atoms in total. The Morgan fingerprint density at radius 1 is 0.857 bits per heavy atom. The van der Waals surface area contributed by atoms with Crippen molar-refractivity contribution >= 4 is 0 Å². The number of unbranched alkanes of at least 4 members (excludes halogenated alkanes) is 1. The zero-order valence-electron chi connectivity index (χ0n) is 9.15. The minimum atomic E-state index is 0.120. The Balaban J connectivity index is 3.87. The van der Waals surface area contributed by atoms with E-state index in [1.807, 2.05) is 0 Å². The molecule has 0 aromatic carbocycles. The predicted octanol–water partition coefficient (Wildman–Crippen LogP) is 1.17. The number of aliphatic hydroxyl groups excluding tert-OH is 3. The van der Waals surface area contributed by atoms with Gasteiger partial charge in [-0.05, 0) is 31.1 Å². The molecule has 0 saturated heterocycles. The second-order valence-electron chi connectivity index (χ2n) is 3.89. The van der Waals surface area contributed by atoms with E-state index in [-0.39, 0.29) is 31.7 Å². The van der Waals surface area contributed by atoms with Gasteiger partial charge in [-0.15, -0.1) is 0 Å². The topological polar surface area (TPSA) is 60.7 Å². The van der Waals surface area contributed by atoms with E-state index in [0.717, 1.165) is 25.7 Å². The Bertz CT molecular complexity index is 103. The predicted molar refractivity (Wildman–Crippen MR) is 57.0 cm³/mol. The molecule has 0 aliphatic carbocycles. The maximum Gasteiger partial charge on any atom is 0.0462 e. The minimum absolute atomic E-state index is 0.120. The maximum atomic E-state index is 9.18. The van der Waals surface area contributed by atoms with Crippen LogP contribution in [0.4, 0.5) is 0 Å². The molecule has 3 heteroatoms. The van der Waals surface area contributed by atoms with Crippen LogP contribution in [0.25, 0.3) is 0 Å². The van der Waals surface area contributed by atoms with E-state index in [1.54, 1.807) is 0 Å². The van der Waals surface area contributed by atoms with E-state index in [0.29, 0.717) is 6.42 Å². The van der Waals surface area contributed by atoms with Crippen molar-refractivity contribution in [1.82, 2.24) is 0 Å². The average molecular weight is 204 g/mol. The first-order chi connectivity index (χ1) is 6.79. The molecule has 0 aromatic rings. The molecule has 0 saturated carbocycles. The molecule has 3 N–H and O–H groups in total. The molecule has 0 rings (SSSR count). The molecule has 86 valence electrons. The Labute approximate surface area is 86.8 Å². The van der Waals surface area contributed by atoms with Crippen LogP contribution in [0, 0.1) is 11.8 Å². The molecule has 14 heavy (non-hydrogen) atoms. The van der Waals surface area contributed by atoms with Crippen LogP contribution in [0.1, 0.15) is 39.0 Å². The van der Waals surface area contributed by atoms with Crippen LogP contribution in [0.15, 0.2) is 0 Å². The third-order valence-electron chi connectivity index (χ3n) is 2.80. The first-order valence-corrected chi connectivity index (χ1v) is 5.62. The fourth-order valence-electron chi connectivity index (χ4n) is 1.77. The molecule has 0 aliphatic heterocycles. The monoisotopic (exact) mass is 204 g/mol. The summed E-state index contributed by atoms with van der Waals surface area (Å²) in [5.74, 6) is 0.352. The highest BCUT2D eigenvalue weighted by Crippen LogP contribution is 2.22. The highest BCUT2D eigenvalue weighted by atomic mass is 16.3. The lowest BCUT2D eigenvalue weighted by atomic mass is 9.86. The van der Waals surface area contributed by atoms with Crippen LogP contribution in [-0.4, -0.2) is 35.1 Å². The molecule has 0 radical (unpaired) electrons. The summed E-state index contributed by atoms with van der Waals surface area (Å²) in [7, 11) is 0. The van der Waals surface area contributed by atoms with Crippen molar-refractivity contribution in [2.24, 2.45) is 11.8 Å². The summed E-state index contributed by atoms with van der Waals surface area (Å²) in [5, 5.41) is 27.0. The van der Waals surface area contributed by atoms with E-state index in [2.05, 4.69) is 6.92 Å². The second-order valence-corrected chi connectivity index (χ2v) is 3.89. The third kappa shape index (κ3) is 5.58. The van der Waals surface area contributed by atoms with Gasteiger partial charge in [-0.3, -0.25) is 0 Å². The Morgan fingerprint density at radius 2 is 1.36 bits per heavy atom. The lowest BCUT2D eigenvalue weighted by molar-refractivity contribution is 0.101. The zero-order valence-corrected chi connectivity index (χ0v) is 9.15. The molecular weight excluding hydrogens is 180 g/mol. The van der Waals surface area contributed by atoms with Gasteiger partial charge in [0.25, 0.3) is 0 Å². The van der Waals surface area contributed by atoms with Crippen LogP contribution >= 0.6 is 0 Å². The SMILES string of the molecule is CCCCC(CO)C(CO)CCCO. The Hall–Kier alpha value is -0.120. The van der Waals surface area contributed by atoms with Crippen molar-refractivity contribution < 1.29 is 15.3 Å². The third-order valence-corrected chi connectivity index (χ3v) is 2.80. The summed E-state index contributed by atoms with van der Waals surface area (Å²) in [5.41, 5.74) is 0. The van der Waals surface area contributed by atoms with E-state index in [1.165, 1.54) is 0 Å². The first-order valence-electron chi connectivity index (χ1n) is 5.62. The fourth-order valence-corrected chi connectivity index (χ4v) is 1.77. The Morgan fingerprint density at radius 3 is 1.71 bits per heavy atom. The van der Waals surface area contributed by atoms with Crippen LogP contribution < -0.4 is 0 Å². The summed E-state index contributed by atoms with van der Waals surface area (Å²) in [6, 6.07) is 0. The molecule has 0 aliphatic rings. The molecule has 0 heterocycles. The first kappa shape index (κ1) is 13.9. The standard InChI is InChI=1S/C11H24O3/c1-2-3-5-10(8-13)11(9-14)6-4-7-12/h10-14H,2-9H2,1H3. The van der Waals surface area contributed by atoms with Crippen molar-refractivity contribution in [1.29, 1.82) is 0 Å². The minimum Gasteiger partial charge on any atom is -0.396 e. The van der Waals surface area contributed by atoms with Gasteiger partial charge < -0.3 is 15.3 Å². The van der Waals surface area contributed by atoms with Gasteiger partial charge in [0.05, 0.1) is 0 Å². The van der Waals surface area contributed by atoms with Crippen molar-refractivity contribution in [2.75, 3.05) is 19.8 Å². The largest absolute Gasteiger partial charge is 0.396 e. The van der Waals surface area contributed by atoms with Crippen LogP contribution in [0.2, 0.25) is 0 Å². The molecular formula is C11H24O3. The second kappa shape index (κ2) is 9.44. The lowest BCUT2D eigenvalue weighted by Crippen LogP contribution is -2.22. The molecule has 0 amide bonds. The van der Waals surface area contributed by atoms with E-state index in [9.17, 15) is 5.11 Å². The molecule has 2 atom stereocenters. The maximum absolute atomic E-state index is 9.18. The number of aliphatic hydroxyl groups is 3. The van der Waals surface area contributed by atoms with Gasteiger partial charge in [0.2, 0.25) is 0 Å². The molecule has 0 spiro atoms. The lowest BCUT2D eigenvalue weighted by Gasteiger charge is -2.23. The van der Waals surface area contributed by atoms with Gasteiger partial charge in [0, 0.05) is 19.8 Å². The summed E-state index contributed by atoms with van der Waals surface area (Å²) in [6.07, 6.45) is 4.72. The molecule has 0 aromatic heterocycles. The van der Waals surface area contributed by atoms with Gasteiger partial charge in [-0.2, -0.15) is 0 Å². The van der Waals surface area contributed by atoms with Crippen molar-refractivity contribution in [3.63, 3.8) is 0 Å².